The van der Waals surface area contributed by atoms with Gasteiger partial charge in [0.2, 0.25) is 0 Å². The molecule has 0 spiro atoms. The van der Waals surface area contributed by atoms with Crippen LogP contribution in [0, 0.1) is 0 Å². The van der Waals surface area contributed by atoms with Gasteiger partial charge in [-0.1, -0.05) is 50.5 Å². The molecule has 0 aliphatic heterocycles. The zero-order valence-corrected chi connectivity index (χ0v) is 13.6. The summed E-state index contributed by atoms with van der Waals surface area (Å²) in [7, 11) is 0. The van der Waals surface area contributed by atoms with Crippen LogP contribution in [0.3, 0.4) is 0 Å². The highest BCUT2D eigenvalue weighted by Gasteiger charge is 1.99. The van der Waals surface area contributed by atoms with E-state index in [4.69, 9.17) is 0 Å². The Morgan fingerprint density at radius 3 is 1.95 bits per heavy atom. The van der Waals surface area contributed by atoms with Crippen molar-refractivity contribution in [2.24, 2.45) is 9.98 Å². The lowest BCUT2D eigenvalue weighted by Crippen LogP contribution is -1.89. The Labute approximate surface area is 124 Å². The van der Waals surface area contributed by atoms with E-state index in [0.29, 0.717) is 0 Å². The maximum absolute atomic E-state index is 4.42. The van der Waals surface area contributed by atoms with Crippen LogP contribution in [-0.2, 0) is 0 Å². The third-order valence-corrected chi connectivity index (χ3v) is 1.92. The first-order chi connectivity index (χ1) is 9.42. The molecule has 20 heavy (non-hydrogen) atoms. The summed E-state index contributed by atoms with van der Waals surface area (Å²) in [4.78, 5) is 8.76. The van der Waals surface area contributed by atoms with E-state index in [1.807, 2.05) is 46.1 Å². The monoisotopic (exact) mass is 272 g/mol. The minimum Gasteiger partial charge on any atom is -0.259 e. The molecule has 0 heterocycles. The molecule has 110 valence electrons. The van der Waals surface area contributed by atoms with E-state index in [9.17, 15) is 0 Å². The third-order valence-electron chi connectivity index (χ3n) is 1.92. The van der Waals surface area contributed by atoms with Gasteiger partial charge in [0.1, 0.15) is 0 Å². The lowest BCUT2D eigenvalue weighted by Gasteiger charge is -2.02. The van der Waals surface area contributed by atoms with Crippen LogP contribution in [0.2, 0.25) is 0 Å². The van der Waals surface area contributed by atoms with Gasteiger partial charge in [0.15, 0.2) is 0 Å². The molecule has 0 N–H and O–H groups in total. The highest BCUT2D eigenvalue weighted by molar-refractivity contribution is 5.80. The van der Waals surface area contributed by atoms with Gasteiger partial charge in [0.05, 0.1) is 11.4 Å². The summed E-state index contributed by atoms with van der Waals surface area (Å²) in [6.07, 6.45) is 10.1. The molecule has 0 aromatic carbocycles. The Kier molecular flexibility index (Phi) is 13.7. The summed E-state index contributed by atoms with van der Waals surface area (Å²) in [5, 5.41) is 0. The standard InChI is InChI=1S/C13H20N2.C5H8/c1-6-9-13(15-11(4)5)12(8-3)14-10-7-2;1-4-5(2)3/h6,8-10H,1,7H2,2-5H3;4H,1-2H2,3H3/b12-8-,13-9-,14-10?;. The van der Waals surface area contributed by atoms with E-state index in [1.165, 1.54) is 0 Å². The summed E-state index contributed by atoms with van der Waals surface area (Å²) in [5.74, 6) is 0. The van der Waals surface area contributed by atoms with E-state index >= 15 is 0 Å². The highest BCUT2D eigenvalue weighted by Crippen LogP contribution is 2.13. The second-order valence-electron chi connectivity index (χ2n) is 4.29. The first-order valence-electron chi connectivity index (χ1n) is 6.74. The number of hydrogen-bond donors (Lipinski definition) is 0. The first kappa shape index (κ1) is 20.4. The summed E-state index contributed by atoms with van der Waals surface area (Å²) < 4.78 is 0. The summed E-state index contributed by atoms with van der Waals surface area (Å²) >= 11 is 0. The molecular formula is C18H28N2. The predicted molar refractivity (Wildman–Crippen MR) is 94.6 cm³/mol. The van der Waals surface area contributed by atoms with Gasteiger partial charge in [-0.3, -0.25) is 9.98 Å². The van der Waals surface area contributed by atoms with Crippen molar-refractivity contribution in [1.82, 2.24) is 0 Å². The molecule has 0 rings (SSSR count). The van der Waals surface area contributed by atoms with Crippen LogP contribution in [0.25, 0.3) is 0 Å². The van der Waals surface area contributed by atoms with Gasteiger partial charge >= 0.3 is 0 Å². The first-order valence-corrected chi connectivity index (χ1v) is 6.74. The Hall–Kier alpha value is -1.96. The van der Waals surface area contributed by atoms with E-state index in [0.717, 1.165) is 29.1 Å². The fraction of sp³-hybridized carbons (Fsp3) is 0.333. The van der Waals surface area contributed by atoms with Gasteiger partial charge < -0.3 is 0 Å². The molecule has 0 aliphatic carbocycles. The van der Waals surface area contributed by atoms with E-state index < -0.39 is 0 Å². The van der Waals surface area contributed by atoms with Gasteiger partial charge in [-0.2, -0.15) is 0 Å². The van der Waals surface area contributed by atoms with Crippen LogP contribution in [0.15, 0.2) is 71.0 Å². The van der Waals surface area contributed by atoms with Crippen LogP contribution < -0.4 is 0 Å². The normalized spacial score (nSPS) is 11.4. The van der Waals surface area contributed by atoms with Crippen molar-refractivity contribution < 1.29 is 0 Å². The number of rotatable bonds is 6. The molecule has 2 nitrogen and oxygen atoms in total. The smallest absolute Gasteiger partial charge is 0.0881 e. The molecule has 0 saturated heterocycles. The topological polar surface area (TPSA) is 24.7 Å². The minimum absolute atomic E-state index is 0.859. The molecule has 0 unspecified atom stereocenters. The Bertz CT molecular complexity index is 428. The van der Waals surface area contributed by atoms with Crippen molar-refractivity contribution in [1.29, 1.82) is 0 Å². The predicted octanol–water partition coefficient (Wildman–Crippen LogP) is 5.67. The molecule has 0 bridgehead atoms. The van der Waals surface area contributed by atoms with Gasteiger partial charge in [0, 0.05) is 11.9 Å². The number of hydrogen-bond acceptors (Lipinski definition) is 2. The zero-order valence-electron chi connectivity index (χ0n) is 13.6. The Morgan fingerprint density at radius 2 is 1.65 bits per heavy atom. The largest absolute Gasteiger partial charge is 0.259 e. The molecule has 0 amide bonds. The fourth-order valence-corrected chi connectivity index (χ4v) is 1.01. The van der Waals surface area contributed by atoms with Crippen LogP contribution in [0.1, 0.15) is 41.0 Å². The molecule has 0 aromatic rings. The molecule has 0 aliphatic rings. The van der Waals surface area contributed by atoms with Crippen molar-refractivity contribution >= 4 is 11.9 Å². The lowest BCUT2D eigenvalue weighted by molar-refractivity contribution is 1.20. The Balaban J connectivity index is 0. The third kappa shape index (κ3) is 12.5. The minimum atomic E-state index is 0.859. The van der Waals surface area contributed by atoms with Crippen molar-refractivity contribution in [2.75, 3.05) is 0 Å². The molecular weight excluding hydrogens is 244 g/mol. The second-order valence-corrected chi connectivity index (χ2v) is 4.29. The van der Waals surface area contributed by atoms with E-state index in [2.05, 4.69) is 36.6 Å². The average Bonchev–Trinajstić information content (AvgIpc) is 2.39. The van der Waals surface area contributed by atoms with Gasteiger partial charge in [-0.15, -0.1) is 0 Å². The summed E-state index contributed by atoms with van der Waals surface area (Å²) in [6.45, 7) is 20.6. The van der Waals surface area contributed by atoms with Gasteiger partial charge in [0.25, 0.3) is 0 Å². The Morgan fingerprint density at radius 1 is 1.10 bits per heavy atom. The molecule has 0 atom stereocenters. The van der Waals surface area contributed by atoms with Crippen LogP contribution in [-0.4, -0.2) is 11.9 Å². The maximum Gasteiger partial charge on any atom is 0.0881 e. The molecule has 0 aromatic heterocycles. The molecule has 0 radical (unpaired) electrons. The lowest BCUT2D eigenvalue weighted by atomic mass is 10.2. The summed E-state index contributed by atoms with van der Waals surface area (Å²) in [5.41, 5.74) is 3.77. The van der Waals surface area contributed by atoms with E-state index in [1.54, 1.807) is 12.2 Å². The number of aliphatic imine (C=N–C) groups is 2. The second kappa shape index (κ2) is 13.5. The fourth-order valence-electron chi connectivity index (χ4n) is 1.01. The number of nitrogens with zero attached hydrogens (tertiary/aromatic N) is 2. The van der Waals surface area contributed by atoms with Crippen LogP contribution in [0.4, 0.5) is 0 Å². The quantitative estimate of drug-likeness (QED) is 0.439. The van der Waals surface area contributed by atoms with Crippen molar-refractivity contribution in [3.05, 3.63) is 61.0 Å². The van der Waals surface area contributed by atoms with E-state index in [-0.39, 0.29) is 0 Å². The SMILES string of the molecule is C=C/C=C(N=C(C)C)/C(=C/C)N=CCC.C=CC(=C)C. The average molecular weight is 272 g/mol. The van der Waals surface area contributed by atoms with Gasteiger partial charge in [-0.25, -0.2) is 0 Å². The summed E-state index contributed by atoms with van der Waals surface area (Å²) in [6, 6.07) is 0. The maximum atomic E-state index is 4.42. The van der Waals surface area contributed by atoms with Crippen molar-refractivity contribution in [3.63, 3.8) is 0 Å². The van der Waals surface area contributed by atoms with Crippen LogP contribution >= 0.6 is 0 Å². The molecule has 2 heteroatoms. The molecule has 0 saturated carbocycles. The van der Waals surface area contributed by atoms with Crippen molar-refractivity contribution in [2.45, 2.75) is 41.0 Å². The number of allylic oxidation sites excluding steroid dienone is 5. The zero-order chi connectivity index (χ0) is 16.0. The van der Waals surface area contributed by atoms with Gasteiger partial charge in [-0.05, 0) is 40.2 Å². The highest BCUT2D eigenvalue weighted by atomic mass is 14.8. The van der Waals surface area contributed by atoms with Crippen LogP contribution in [0.5, 0.6) is 0 Å². The molecule has 0 fully saturated rings. The van der Waals surface area contributed by atoms with Crippen molar-refractivity contribution in [3.8, 4) is 0 Å².